The lowest BCUT2D eigenvalue weighted by atomic mass is 9.73. The summed E-state index contributed by atoms with van der Waals surface area (Å²) in [6.45, 7) is 4.53. The molecule has 25 heavy (non-hydrogen) atoms. The Balaban J connectivity index is 1.39. The predicted octanol–water partition coefficient (Wildman–Crippen LogP) is 1.99. The van der Waals surface area contributed by atoms with Gasteiger partial charge in [0.25, 0.3) is 0 Å². The average molecular weight is 344 g/mol. The molecule has 2 saturated heterocycles. The van der Waals surface area contributed by atoms with Gasteiger partial charge in [0, 0.05) is 62.6 Å². The minimum Gasteiger partial charge on any atom is -0.377 e. The number of rotatable bonds is 5. The van der Waals surface area contributed by atoms with E-state index in [1.165, 1.54) is 25.7 Å². The van der Waals surface area contributed by atoms with Gasteiger partial charge in [-0.3, -0.25) is 9.69 Å². The number of likely N-dealkylation sites (tertiary alicyclic amines) is 2. The highest BCUT2D eigenvalue weighted by atomic mass is 16.5. The highest BCUT2D eigenvalue weighted by Crippen LogP contribution is 2.42. The van der Waals surface area contributed by atoms with Gasteiger partial charge in [0.15, 0.2) is 5.82 Å². The van der Waals surface area contributed by atoms with Crippen LogP contribution in [0.1, 0.15) is 49.9 Å². The monoisotopic (exact) mass is 344 g/mol. The molecule has 1 amide bonds. The molecule has 0 radical (unpaired) electrons. The summed E-state index contributed by atoms with van der Waals surface area (Å²) in [7, 11) is 1.66. The second-order valence-corrected chi connectivity index (χ2v) is 8.01. The number of nitrogens with zero attached hydrogens (tertiary/aromatic N) is 4. The highest BCUT2D eigenvalue weighted by molar-refractivity contribution is 5.78. The van der Waals surface area contributed by atoms with Crippen molar-refractivity contribution in [2.75, 3.05) is 26.7 Å². The quantitative estimate of drug-likeness (QED) is 0.818. The van der Waals surface area contributed by atoms with Gasteiger partial charge in [-0.05, 0) is 38.6 Å². The van der Waals surface area contributed by atoms with E-state index in [-0.39, 0.29) is 0 Å². The zero-order valence-corrected chi connectivity index (χ0v) is 15.1. The van der Waals surface area contributed by atoms with Crippen molar-refractivity contribution in [2.45, 2.75) is 57.7 Å². The van der Waals surface area contributed by atoms with Crippen molar-refractivity contribution in [2.24, 2.45) is 5.41 Å². The lowest BCUT2D eigenvalue weighted by molar-refractivity contribution is -0.140. The van der Waals surface area contributed by atoms with Gasteiger partial charge < -0.3 is 9.64 Å². The van der Waals surface area contributed by atoms with Gasteiger partial charge in [-0.2, -0.15) is 0 Å². The Morgan fingerprint density at radius 3 is 2.76 bits per heavy atom. The van der Waals surface area contributed by atoms with E-state index in [2.05, 4.69) is 19.8 Å². The lowest BCUT2D eigenvalue weighted by Crippen LogP contribution is -2.54. The van der Waals surface area contributed by atoms with E-state index in [1.807, 2.05) is 12.4 Å². The van der Waals surface area contributed by atoms with E-state index in [4.69, 9.17) is 4.74 Å². The number of amides is 1. The zero-order chi connectivity index (χ0) is 17.3. The molecule has 1 atom stereocenters. The van der Waals surface area contributed by atoms with E-state index in [9.17, 15) is 4.79 Å². The molecule has 1 spiro atoms. The fraction of sp³-hybridized carbons (Fsp3) is 0.737. The largest absolute Gasteiger partial charge is 0.377 e. The minimum atomic E-state index is 0.297. The Hall–Kier alpha value is -1.53. The predicted molar refractivity (Wildman–Crippen MR) is 93.7 cm³/mol. The molecule has 1 unspecified atom stereocenters. The molecule has 3 aliphatic rings. The van der Waals surface area contributed by atoms with Gasteiger partial charge in [0.1, 0.15) is 6.61 Å². The fourth-order valence-electron chi connectivity index (χ4n) is 4.47. The first kappa shape index (κ1) is 16.9. The Morgan fingerprint density at radius 2 is 2.04 bits per heavy atom. The molecule has 0 bridgehead atoms. The Labute approximate surface area is 149 Å². The van der Waals surface area contributed by atoms with Crippen molar-refractivity contribution in [1.29, 1.82) is 0 Å². The Bertz CT molecular complexity index is 616. The number of aromatic nitrogens is 2. The maximum atomic E-state index is 12.2. The van der Waals surface area contributed by atoms with Crippen molar-refractivity contribution >= 4 is 5.91 Å². The number of hydrogen-bond acceptors (Lipinski definition) is 5. The first-order valence-corrected chi connectivity index (χ1v) is 9.48. The summed E-state index contributed by atoms with van der Waals surface area (Å²) in [5, 5.41) is 0. The van der Waals surface area contributed by atoms with Crippen LogP contribution in [-0.2, 0) is 22.7 Å². The van der Waals surface area contributed by atoms with E-state index in [0.29, 0.717) is 24.0 Å². The van der Waals surface area contributed by atoms with Gasteiger partial charge in [0.05, 0.1) is 0 Å². The van der Waals surface area contributed by atoms with Gasteiger partial charge >= 0.3 is 0 Å². The van der Waals surface area contributed by atoms with E-state index in [1.54, 1.807) is 7.11 Å². The summed E-state index contributed by atoms with van der Waals surface area (Å²) in [4.78, 5) is 25.7. The normalized spacial score (nSPS) is 27.9. The molecular formula is C19H28N4O2. The average Bonchev–Trinajstić information content (AvgIpc) is 3.45. The summed E-state index contributed by atoms with van der Waals surface area (Å²) < 4.78 is 5.07. The molecule has 6 nitrogen and oxygen atoms in total. The second-order valence-electron chi connectivity index (χ2n) is 8.01. The van der Waals surface area contributed by atoms with Crippen LogP contribution in [0, 0.1) is 5.41 Å². The molecule has 1 saturated carbocycles. The van der Waals surface area contributed by atoms with Crippen molar-refractivity contribution in [3.05, 3.63) is 23.8 Å². The molecule has 0 aromatic carbocycles. The third kappa shape index (κ3) is 3.85. The third-order valence-corrected chi connectivity index (χ3v) is 5.86. The van der Waals surface area contributed by atoms with Crippen molar-refractivity contribution < 1.29 is 9.53 Å². The van der Waals surface area contributed by atoms with Crippen molar-refractivity contribution in [3.63, 3.8) is 0 Å². The molecule has 2 aliphatic heterocycles. The number of methoxy groups -OCH3 is 1. The summed E-state index contributed by atoms with van der Waals surface area (Å²) in [6, 6.07) is 0.543. The molecule has 1 aromatic heterocycles. The van der Waals surface area contributed by atoms with E-state index < -0.39 is 0 Å². The molecule has 3 heterocycles. The van der Waals surface area contributed by atoms with Crippen LogP contribution in [0.25, 0.3) is 0 Å². The van der Waals surface area contributed by atoms with Gasteiger partial charge in [-0.1, -0.05) is 0 Å². The van der Waals surface area contributed by atoms with Crippen LogP contribution in [0.5, 0.6) is 0 Å². The third-order valence-electron chi connectivity index (χ3n) is 5.86. The van der Waals surface area contributed by atoms with E-state index in [0.717, 1.165) is 50.4 Å². The first-order valence-electron chi connectivity index (χ1n) is 9.48. The van der Waals surface area contributed by atoms with Crippen LogP contribution in [0.2, 0.25) is 0 Å². The van der Waals surface area contributed by atoms with Crippen LogP contribution in [0.15, 0.2) is 12.4 Å². The number of carbonyl (C=O) groups excluding carboxylic acids is 1. The van der Waals surface area contributed by atoms with Crippen molar-refractivity contribution in [3.8, 4) is 0 Å². The SMILES string of the molecule is COCc1ncc(CN2CCCC3(CCC(=O)N(C4CC4)C3)C2)cn1. The molecule has 4 rings (SSSR count). The van der Waals surface area contributed by atoms with E-state index >= 15 is 0 Å². The molecule has 1 aliphatic carbocycles. The number of carbonyl (C=O) groups is 1. The van der Waals surface area contributed by atoms with Crippen LogP contribution in [0.3, 0.4) is 0 Å². The topological polar surface area (TPSA) is 58.6 Å². The van der Waals surface area contributed by atoms with Gasteiger partial charge in [-0.25, -0.2) is 9.97 Å². The highest BCUT2D eigenvalue weighted by Gasteiger charge is 2.45. The standard InChI is InChI=1S/C19H28N4O2/c1-25-12-17-20-9-15(10-21-17)11-22-8-2-6-19(13-22)7-5-18(24)23(14-19)16-3-4-16/h9-10,16H,2-8,11-14H2,1H3. The lowest BCUT2D eigenvalue weighted by Gasteiger charge is -2.48. The smallest absolute Gasteiger partial charge is 0.222 e. The second kappa shape index (κ2) is 7.00. The van der Waals surface area contributed by atoms with Gasteiger partial charge in [0.2, 0.25) is 5.91 Å². The molecular weight excluding hydrogens is 316 g/mol. The molecule has 1 aromatic rings. The number of ether oxygens (including phenoxy) is 1. The summed E-state index contributed by atoms with van der Waals surface area (Å²) in [6.07, 6.45) is 10.5. The number of piperidine rings is 2. The molecule has 3 fully saturated rings. The van der Waals surface area contributed by atoms with Crippen LogP contribution >= 0.6 is 0 Å². The number of hydrogen-bond donors (Lipinski definition) is 0. The first-order chi connectivity index (χ1) is 12.2. The maximum Gasteiger partial charge on any atom is 0.222 e. The minimum absolute atomic E-state index is 0.297. The van der Waals surface area contributed by atoms with Crippen LogP contribution in [0.4, 0.5) is 0 Å². The Morgan fingerprint density at radius 1 is 1.24 bits per heavy atom. The summed E-state index contributed by atoms with van der Waals surface area (Å²) >= 11 is 0. The molecule has 6 heteroatoms. The maximum absolute atomic E-state index is 12.2. The summed E-state index contributed by atoms with van der Waals surface area (Å²) in [5.74, 6) is 1.11. The van der Waals surface area contributed by atoms with Crippen LogP contribution < -0.4 is 0 Å². The molecule has 136 valence electrons. The van der Waals surface area contributed by atoms with Gasteiger partial charge in [-0.15, -0.1) is 0 Å². The Kier molecular flexibility index (Phi) is 4.73. The molecule has 0 N–H and O–H groups in total. The fourth-order valence-corrected chi connectivity index (χ4v) is 4.47. The zero-order valence-electron chi connectivity index (χ0n) is 15.1. The van der Waals surface area contributed by atoms with Crippen LogP contribution in [-0.4, -0.2) is 58.5 Å². The summed E-state index contributed by atoms with van der Waals surface area (Å²) in [5.41, 5.74) is 1.45. The van der Waals surface area contributed by atoms with Crippen molar-refractivity contribution in [1.82, 2.24) is 19.8 Å².